The zero-order valence-corrected chi connectivity index (χ0v) is 17.9. The number of fused-ring (bicyclic) bond motifs is 1. The molecule has 0 fully saturated rings. The van der Waals surface area contributed by atoms with Crippen LogP contribution in [-0.4, -0.2) is 27.5 Å². The molecule has 0 atom stereocenters. The number of hydrogen-bond donors (Lipinski definition) is 2. The van der Waals surface area contributed by atoms with Gasteiger partial charge in [-0.1, -0.05) is 48.5 Å². The fourth-order valence-corrected chi connectivity index (χ4v) is 3.76. The zero-order valence-electron chi connectivity index (χ0n) is 17.9. The second-order valence-electron chi connectivity index (χ2n) is 7.90. The predicted molar refractivity (Wildman–Crippen MR) is 125 cm³/mol. The van der Waals surface area contributed by atoms with Gasteiger partial charge in [-0.05, 0) is 44.4 Å². The molecule has 0 spiro atoms. The van der Waals surface area contributed by atoms with E-state index >= 15 is 0 Å². The molecule has 4 aromatic rings. The average Bonchev–Trinajstić information content (AvgIpc) is 3.15. The molecule has 5 heteroatoms. The van der Waals surface area contributed by atoms with Gasteiger partial charge in [-0.3, -0.25) is 0 Å². The van der Waals surface area contributed by atoms with Crippen molar-refractivity contribution in [1.82, 2.24) is 15.0 Å². The van der Waals surface area contributed by atoms with E-state index in [0.29, 0.717) is 6.04 Å². The van der Waals surface area contributed by atoms with Crippen molar-refractivity contribution in [2.75, 3.05) is 16.8 Å². The van der Waals surface area contributed by atoms with Crippen LogP contribution in [0.25, 0.3) is 10.9 Å². The van der Waals surface area contributed by atoms with Gasteiger partial charge in [0.05, 0.1) is 0 Å². The maximum atomic E-state index is 4.72. The highest BCUT2D eigenvalue weighted by Gasteiger charge is 2.15. The van der Waals surface area contributed by atoms with Crippen LogP contribution in [-0.2, 0) is 13.0 Å². The van der Waals surface area contributed by atoms with E-state index in [2.05, 4.69) is 94.8 Å². The van der Waals surface area contributed by atoms with Crippen molar-refractivity contribution in [1.29, 1.82) is 0 Å². The Morgan fingerprint density at radius 1 is 1.00 bits per heavy atom. The summed E-state index contributed by atoms with van der Waals surface area (Å²) in [4.78, 5) is 15.0. The molecule has 0 aliphatic carbocycles. The van der Waals surface area contributed by atoms with Gasteiger partial charge in [0.2, 0.25) is 0 Å². The number of hydrogen-bond acceptors (Lipinski definition) is 4. The quantitative estimate of drug-likeness (QED) is 0.420. The van der Waals surface area contributed by atoms with Crippen LogP contribution in [0, 0.1) is 6.92 Å². The highest BCUT2D eigenvalue weighted by molar-refractivity contribution is 5.83. The molecule has 30 heavy (non-hydrogen) atoms. The molecule has 2 aromatic heterocycles. The van der Waals surface area contributed by atoms with Crippen molar-refractivity contribution in [2.45, 2.75) is 39.8 Å². The molecule has 0 aliphatic heterocycles. The van der Waals surface area contributed by atoms with Crippen LogP contribution in [0.4, 0.5) is 11.6 Å². The molecule has 2 heterocycles. The second-order valence-corrected chi connectivity index (χ2v) is 7.90. The molecule has 2 aromatic carbocycles. The van der Waals surface area contributed by atoms with Crippen LogP contribution in [0.5, 0.6) is 0 Å². The van der Waals surface area contributed by atoms with Gasteiger partial charge in [0.25, 0.3) is 0 Å². The maximum absolute atomic E-state index is 4.72. The molecular weight excluding hydrogens is 370 g/mol. The van der Waals surface area contributed by atoms with Gasteiger partial charge in [0.15, 0.2) is 0 Å². The lowest BCUT2D eigenvalue weighted by Gasteiger charge is -2.28. The first-order valence-electron chi connectivity index (χ1n) is 10.6. The number of aromatic amines is 1. The van der Waals surface area contributed by atoms with E-state index in [-0.39, 0.29) is 0 Å². The Bertz CT molecular complexity index is 1100. The number of anilines is 2. The van der Waals surface area contributed by atoms with Gasteiger partial charge in [0.1, 0.15) is 17.5 Å². The van der Waals surface area contributed by atoms with Crippen molar-refractivity contribution in [3.63, 3.8) is 0 Å². The van der Waals surface area contributed by atoms with Crippen LogP contribution >= 0.6 is 0 Å². The van der Waals surface area contributed by atoms with E-state index in [1.165, 1.54) is 22.0 Å². The van der Waals surface area contributed by atoms with Gasteiger partial charge in [-0.2, -0.15) is 0 Å². The minimum Gasteiger partial charge on any atom is -0.370 e. The monoisotopic (exact) mass is 399 g/mol. The molecule has 0 bridgehead atoms. The van der Waals surface area contributed by atoms with E-state index in [9.17, 15) is 0 Å². The largest absolute Gasteiger partial charge is 0.370 e. The van der Waals surface area contributed by atoms with Gasteiger partial charge >= 0.3 is 0 Å². The molecular formula is C25H29N5. The van der Waals surface area contributed by atoms with Crippen LogP contribution in [0.15, 0.2) is 66.9 Å². The van der Waals surface area contributed by atoms with Crippen LogP contribution in [0.3, 0.4) is 0 Å². The Labute approximate surface area is 178 Å². The summed E-state index contributed by atoms with van der Waals surface area (Å²) in [6, 6.07) is 21.3. The highest BCUT2D eigenvalue weighted by Crippen LogP contribution is 2.22. The van der Waals surface area contributed by atoms with Gasteiger partial charge in [-0.15, -0.1) is 0 Å². The Morgan fingerprint density at radius 2 is 1.77 bits per heavy atom. The van der Waals surface area contributed by atoms with Crippen molar-refractivity contribution >= 4 is 22.5 Å². The number of para-hydroxylation sites is 1. The Kier molecular flexibility index (Phi) is 5.98. The molecule has 0 saturated carbocycles. The summed E-state index contributed by atoms with van der Waals surface area (Å²) in [5.41, 5.74) is 3.77. The zero-order chi connectivity index (χ0) is 20.9. The molecule has 0 amide bonds. The van der Waals surface area contributed by atoms with Gasteiger partial charge < -0.3 is 15.2 Å². The minimum absolute atomic E-state index is 0.332. The summed E-state index contributed by atoms with van der Waals surface area (Å²) >= 11 is 0. The Morgan fingerprint density at radius 3 is 2.57 bits per heavy atom. The number of rotatable bonds is 8. The molecule has 154 valence electrons. The van der Waals surface area contributed by atoms with E-state index in [0.717, 1.165) is 37.0 Å². The maximum Gasteiger partial charge on any atom is 0.134 e. The lowest BCUT2D eigenvalue weighted by molar-refractivity contribution is 0.669. The molecule has 0 unspecified atom stereocenters. The lowest BCUT2D eigenvalue weighted by atomic mass is 10.1. The van der Waals surface area contributed by atoms with E-state index < -0.39 is 0 Å². The van der Waals surface area contributed by atoms with E-state index in [1.54, 1.807) is 0 Å². The third-order valence-electron chi connectivity index (χ3n) is 5.31. The fraction of sp³-hybridized carbons (Fsp3) is 0.280. The van der Waals surface area contributed by atoms with Crippen molar-refractivity contribution in [2.24, 2.45) is 0 Å². The van der Waals surface area contributed by atoms with Crippen molar-refractivity contribution in [3.8, 4) is 0 Å². The van der Waals surface area contributed by atoms with Crippen LogP contribution < -0.4 is 10.2 Å². The predicted octanol–water partition coefficient (Wildman–Crippen LogP) is 5.34. The molecule has 0 radical (unpaired) electrons. The van der Waals surface area contributed by atoms with Crippen molar-refractivity contribution in [3.05, 3.63) is 83.8 Å². The highest BCUT2D eigenvalue weighted by atomic mass is 15.2. The molecule has 4 rings (SSSR count). The standard InChI is InChI=1S/C25H29N5/c1-18(2)30(17-20-9-5-4-6-10-20)25-15-24(28-19(3)29-25)26-14-13-21-16-27-23-12-8-7-11-22(21)23/h4-12,15-16,18,27H,13-14,17H2,1-3H3,(H,26,28,29). The Balaban J connectivity index is 1.47. The smallest absolute Gasteiger partial charge is 0.134 e. The number of benzene rings is 2. The summed E-state index contributed by atoms with van der Waals surface area (Å²) in [6.45, 7) is 7.99. The second kappa shape index (κ2) is 8.99. The molecule has 0 aliphatic rings. The van der Waals surface area contributed by atoms with E-state index in [4.69, 9.17) is 4.98 Å². The third kappa shape index (κ3) is 4.62. The first-order chi connectivity index (χ1) is 14.6. The summed E-state index contributed by atoms with van der Waals surface area (Å²) in [6.07, 6.45) is 3.03. The number of nitrogens with zero attached hydrogens (tertiary/aromatic N) is 3. The van der Waals surface area contributed by atoms with Crippen molar-refractivity contribution < 1.29 is 0 Å². The van der Waals surface area contributed by atoms with E-state index in [1.807, 2.05) is 13.0 Å². The average molecular weight is 400 g/mol. The summed E-state index contributed by atoms with van der Waals surface area (Å²) in [5, 5.41) is 4.78. The summed E-state index contributed by atoms with van der Waals surface area (Å²) in [5.74, 6) is 2.60. The molecule has 2 N–H and O–H groups in total. The fourth-order valence-electron chi connectivity index (χ4n) is 3.76. The van der Waals surface area contributed by atoms with Crippen LogP contribution in [0.1, 0.15) is 30.8 Å². The molecule has 0 saturated heterocycles. The van der Waals surface area contributed by atoms with Crippen LogP contribution in [0.2, 0.25) is 0 Å². The van der Waals surface area contributed by atoms with Gasteiger partial charge in [0, 0.05) is 42.3 Å². The topological polar surface area (TPSA) is 56.8 Å². The van der Waals surface area contributed by atoms with Gasteiger partial charge in [-0.25, -0.2) is 9.97 Å². The first kappa shape index (κ1) is 20.0. The molecule has 5 nitrogen and oxygen atoms in total. The number of H-pyrrole nitrogens is 1. The minimum atomic E-state index is 0.332. The normalized spacial score (nSPS) is 11.2. The third-order valence-corrected chi connectivity index (χ3v) is 5.31. The summed E-state index contributed by atoms with van der Waals surface area (Å²) in [7, 11) is 0. The summed E-state index contributed by atoms with van der Waals surface area (Å²) < 4.78 is 0. The SMILES string of the molecule is Cc1nc(NCCc2c[nH]c3ccccc23)cc(N(Cc2ccccc2)C(C)C)n1. The lowest BCUT2D eigenvalue weighted by Crippen LogP contribution is -2.31. The number of aryl methyl sites for hydroxylation is 1. The first-order valence-corrected chi connectivity index (χ1v) is 10.6. The number of nitrogens with one attached hydrogen (secondary N) is 2. The number of aromatic nitrogens is 3. The Hall–Kier alpha value is -3.34.